The Kier molecular flexibility index (Phi) is 5.19. The van der Waals surface area contributed by atoms with Crippen LogP contribution < -0.4 is 5.32 Å². The second-order valence-corrected chi connectivity index (χ2v) is 7.24. The summed E-state index contributed by atoms with van der Waals surface area (Å²) in [7, 11) is 0. The van der Waals surface area contributed by atoms with Crippen LogP contribution in [-0.2, 0) is 6.42 Å². The topological polar surface area (TPSA) is 51.0 Å². The Morgan fingerprint density at radius 3 is 2.70 bits per heavy atom. The lowest BCUT2D eigenvalue weighted by molar-refractivity contribution is 0.261. The zero-order valence-electron chi connectivity index (χ0n) is 13.4. The Balaban J connectivity index is 2.04. The largest absolute Gasteiger partial charge is 0.339 e. The molecule has 2 unspecified atom stereocenters. The smallest absolute Gasteiger partial charge is 0.231 e. The third-order valence-electron chi connectivity index (χ3n) is 3.91. The molecule has 1 heterocycles. The molecule has 0 bridgehead atoms. The maximum Gasteiger partial charge on any atom is 0.231 e. The predicted octanol–water partition coefficient (Wildman–Crippen LogP) is 3.68. The van der Waals surface area contributed by atoms with E-state index < -0.39 is 0 Å². The summed E-state index contributed by atoms with van der Waals surface area (Å²) >= 11 is 0. The molecule has 0 amide bonds. The lowest BCUT2D eigenvalue weighted by atomic mass is 9.84. The minimum Gasteiger partial charge on any atom is -0.339 e. The first-order valence-electron chi connectivity index (χ1n) is 8.05. The zero-order valence-corrected chi connectivity index (χ0v) is 13.4. The van der Waals surface area contributed by atoms with Gasteiger partial charge in [-0.15, -0.1) is 0 Å². The highest BCUT2D eigenvalue weighted by Gasteiger charge is 2.30. The first-order chi connectivity index (χ1) is 9.49. The van der Waals surface area contributed by atoms with Crippen LogP contribution in [0.15, 0.2) is 4.52 Å². The number of nitrogens with zero attached hydrogens (tertiary/aromatic N) is 2. The molecular formula is C16H29N3O. The molecule has 1 aliphatic carbocycles. The van der Waals surface area contributed by atoms with Gasteiger partial charge < -0.3 is 9.84 Å². The maximum atomic E-state index is 5.56. The second-order valence-electron chi connectivity index (χ2n) is 7.24. The first kappa shape index (κ1) is 15.5. The molecule has 0 spiro atoms. The van der Waals surface area contributed by atoms with Crippen molar-refractivity contribution < 1.29 is 4.52 Å². The van der Waals surface area contributed by atoms with Gasteiger partial charge in [0.1, 0.15) is 0 Å². The van der Waals surface area contributed by atoms with Crippen LogP contribution in [0, 0.1) is 5.41 Å². The SMILES string of the molecule is CCCNC1CCCCC1c1nc(CC(C)(C)C)no1. The molecule has 1 N–H and O–H groups in total. The normalized spacial score (nSPS) is 24.0. The maximum absolute atomic E-state index is 5.56. The summed E-state index contributed by atoms with van der Waals surface area (Å²) in [6.07, 6.45) is 7.01. The number of nitrogens with one attached hydrogen (secondary N) is 1. The number of hydrogen-bond donors (Lipinski definition) is 1. The van der Waals surface area contributed by atoms with Crippen LogP contribution in [0.5, 0.6) is 0 Å². The third kappa shape index (κ3) is 4.30. The Morgan fingerprint density at radius 2 is 2.00 bits per heavy atom. The van der Waals surface area contributed by atoms with Crippen LogP contribution in [-0.4, -0.2) is 22.7 Å². The highest BCUT2D eigenvalue weighted by Crippen LogP contribution is 2.32. The van der Waals surface area contributed by atoms with Crippen molar-refractivity contribution >= 4 is 0 Å². The van der Waals surface area contributed by atoms with Gasteiger partial charge in [-0.25, -0.2) is 0 Å². The van der Waals surface area contributed by atoms with Gasteiger partial charge in [0, 0.05) is 12.5 Å². The summed E-state index contributed by atoms with van der Waals surface area (Å²) in [6.45, 7) is 9.89. The van der Waals surface area contributed by atoms with E-state index in [0.29, 0.717) is 12.0 Å². The van der Waals surface area contributed by atoms with Gasteiger partial charge in [0.25, 0.3) is 0 Å². The lowest BCUT2D eigenvalue weighted by Crippen LogP contribution is -2.37. The summed E-state index contributed by atoms with van der Waals surface area (Å²) in [5.74, 6) is 2.10. The van der Waals surface area contributed by atoms with Gasteiger partial charge in [-0.1, -0.05) is 45.7 Å². The zero-order chi connectivity index (χ0) is 14.6. The molecule has 1 aromatic rings. The Morgan fingerprint density at radius 1 is 1.25 bits per heavy atom. The Bertz CT molecular complexity index is 408. The van der Waals surface area contributed by atoms with Crippen LogP contribution in [0.1, 0.15) is 77.4 Å². The molecule has 0 aliphatic heterocycles. The molecule has 1 saturated carbocycles. The quantitative estimate of drug-likeness (QED) is 0.893. The van der Waals surface area contributed by atoms with Crippen molar-refractivity contribution in [1.82, 2.24) is 15.5 Å². The molecule has 20 heavy (non-hydrogen) atoms. The van der Waals surface area contributed by atoms with Crippen LogP contribution >= 0.6 is 0 Å². The van der Waals surface area contributed by atoms with E-state index in [1.807, 2.05) is 0 Å². The van der Waals surface area contributed by atoms with Crippen LogP contribution in [0.2, 0.25) is 0 Å². The summed E-state index contributed by atoms with van der Waals surface area (Å²) in [6, 6.07) is 0.506. The fourth-order valence-electron chi connectivity index (χ4n) is 2.96. The van der Waals surface area contributed by atoms with Crippen molar-refractivity contribution in [2.24, 2.45) is 5.41 Å². The predicted molar refractivity (Wildman–Crippen MR) is 80.7 cm³/mol. The molecule has 1 fully saturated rings. The van der Waals surface area contributed by atoms with Gasteiger partial charge in [-0.3, -0.25) is 0 Å². The van der Waals surface area contributed by atoms with E-state index >= 15 is 0 Å². The van der Waals surface area contributed by atoms with Gasteiger partial charge in [-0.2, -0.15) is 4.98 Å². The molecule has 0 radical (unpaired) electrons. The van der Waals surface area contributed by atoms with Crippen molar-refractivity contribution in [2.75, 3.05) is 6.54 Å². The highest BCUT2D eigenvalue weighted by molar-refractivity contribution is 5.02. The molecule has 114 valence electrons. The molecule has 4 nitrogen and oxygen atoms in total. The van der Waals surface area contributed by atoms with Crippen molar-refractivity contribution in [3.8, 4) is 0 Å². The molecule has 1 aliphatic rings. The van der Waals surface area contributed by atoms with E-state index in [2.05, 4.69) is 43.2 Å². The molecule has 1 aromatic heterocycles. The average Bonchev–Trinajstić information content (AvgIpc) is 2.82. The lowest BCUT2D eigenvalue weighted by Gasteiger charge is -2.29. The van der Waals surface area contributed by atoms with Crippen molar-refractivity contribution in [3.05, 3.63) is 11.7 Å². The van der Waals surface area contributed by atoms with E-state index in [9.17, 15) is 0 Å². The van der Waals surface area contributed by atoms with Gasteiger partial charge in [0.05, 0.1) is 5.92 Å². The van der Waals surface area contributed by atoms with Gasteiger partial charge >= 0.3 is 0 Å². The standard InChI is InChI=1S/C16H29N3O/c1-5-10-17-13-9-7-6-8-12(13)15-18-14(19-20-15)11-16(2,3)4/h12-13,17H,5-11H2,1-4H3. The van der Waals surface area contributed by atoms with E-state index in [-0.39, 0.29) is 5.41 Å². The molecular weight excluding hydrogens is 250 g/mol. The van der Waals surface area contributed by atoms with Crippen molar-refractivity contribution in [3.63, 3.8) is 0 Å². The number of aromatic nitrogens is 2. The monoisotopic (exact) mass is 279 g/mol. The molecule has 2 rings (SSSR count). The van der Waals surface area contributed by atoms with E-state index in [4.69, 9.17) is 4.52 Å². The molecule has 4 heteroatoms. The minimum absolute atomic E-state index is 0.202. The molecule has 0 aromatic carbocycles. The number of rotatable bonds is 5. The van der Waals surface area contributed by atoms with E-state index in [0.717, 1.165) is 24.7 Å². The first-order valence-corrected chi connectivity index (χ1v) is 8.05. The van der Waals surface area contributed by atoms with Crippen LogP contribution in [0.25, 0.3) is 0 Å². The fraction of sp³-hybridized carbons (Fsp3) is 0.875. The van der Waals surface area contributed by atoms with Crippen molar-refractivity contribution in [1.29, 1.82) is 0 Å². The van der Waals surface area contributed by atoms with Crippen LogP contribution in [0.3, 0.4) is 0 Å². The summed E-state index contributed by atoms with van der Waals surface area (Å²) in [5.41, 5.74) is 0.202. The number of hydrogen-bond acceptors (Lipinski definition) is 4. The highest BCUT2D eigenvalue weighted by atomic mass is 16.5. The fourth-order valence-corrected chi connectivity index (χ4v) is 2.96. The van der Waals surface area contributed by atoms with Crippen molar-refractivity contribution in [2.45, 2.75) is 78.2 Å². The third-order valence-corrected chi connectivity index (χ3v) is 3.91. The van der Waals surface area contributed by atoms with Gasteiger partial charge in [0.2, 0.25) is 5.89 Å². The van der Waals surface area contributed by atoms with Gasteiger partial charge in [-0.05, 0) is 31.2 Å². The Labute approximate surface area is 122 Å². The second kappa shape index (κ2) is 6.70. The van der Waals surface area contributed by atoms with E-state index in [1.54, 1.807) is 0 Å². The molecule has 2 atom stereocenters. The summed E-state index contributed by atoms with van der Waals surface area (Å²) in [5, 5.41) is 7.83. The summed E-state index contributed by atoms with van der Waals surface area (Å²) in [4.78, 5) is 4.66. The van der Waals surface area contributed by atoms with E-state index in [1.165, 1.54) is 32.1 Å². The summed E-state index contributed by atoms with van der Waals surface area (Å²) < 4.78 is 5.56. The van der Waals surface area contributed by atoms with Crippen LogP contribution in [0.4, 0.5) is 0 Å². The minimum atomic E-state index is 0.202. The molecule has 0 saturated heterocycles. The average molecular weight is 279 g/mol. The van der Waals surface area contributed by atoms with Gasteiger partial charge in [0.15, 0.2) is 5.82 Å². The Hall–Kier alpha value is -0.900.